The van der Waals surface area contributed by atoms with Gasteiger partial charge in [0, 0.05) is 18.7 Å². The molecule has 0 aliphatic carbocycles. The summed E-state index contributed by atoms with van der Waals surface area (Å²) in [6, 6.07) is 42.1. The van der Waals surface area contributed by atoms with E-state index in [4.69, 9.17) is 0 Å². The minimum absolute atomic E-state index is 0.0834. The number of nitrogens with zero attached hydrogens (tertiary/aromatic N) is 1. The number of para-hydroxylation sites is 1. The molecule has 0 aromatic heterocycles. The van der Waals surface area contributed by atoms with Crippen LogP contribution in [0.3, 0.4) is 0 Å². The van der Waals surface area contributed by atoms with Crippen LogP contribution in [0.1, 0.15) is 6.42 Å². The van der Waals surface area contributed by atoms with E-state index in [1.54, 1.807) is 0 Å². The molecule has 2 nitrogen and oxygen atoms in total. The second-order valence-corrected chi connectivity index (χ2v) is 11.5. The highest BCUT2D eigenvalue weighted by Gasteiger charge is 2.58. The first-order valence-corrected chi connectivity index (χ1v) is 12.6. The molecule has 3 heteroatoms. The molecule has 152 valence electrons. The van der Waals surface area contributed by atoms with Gasteiger partial charge in [0.15, 0.2) is 5.66 Å². The Morgan fingerprint density at radius 1 is 0.581 bits per heavy atom. The predicted octanol–water partition coefficient (Wildman–Crippen LogP) is 4.79. The van der Waals surface area contributed by atoms with Gasteiger partial charge in [0.25, 0.3) is 5.91 Å². The topological polar surface area (TPSA) is 20.3 Å². The molecule has 4 aromatic carbocycles. The van der Waals surface area contributed by atoms with Crippen molar-refractivity contribution < 1.29 is 4.79 Å². The van der Waals surface area contributed by atoms with Gasteiger partial charge in [-0.05, 0) is 48.5 Å². The largest absolute Gasteiger partial charge is 0.309 e. The molecule has 0 bridgehead atoms. The zero-order chi connectivity index (χ0) is 21.1. The van der Waals surface area contributed by atoms with Gasteiger partial charge in [-0.3, -0.25) is 4.79 Å². The van der Waals surface area contributed by atoms with E-state index >= 15 is 0 Å². The minimum atomic E-state index is -2.21. The number of hydrogen-bond donors (Lipinski definition) is 0. The summed E-state index contributed by atoms with van der Waals surface area (Å²) in [6.07, 6.45) is 0.847. The van der Waals surface area contributed by atoms with E-state index in [2.05, 4.69) is 91.0 Å². The van der Waals surface area contributed by atoms with Crippen molar-refractivity contribution in [3.63, 3.8) is 0 Å². The number of anilines is 1. The molecule has 1 saturated heterocycles. The van der Waals surface area contributed by atoms with Gasteiger partial charge in [-0.2, -0.15) is 0 Å². The lowest BCUT2D eigenvalue weighted by Crippen LogP contribution is -2.42. The first-order chi connectivity index (χ1) is 15.3. The van der Waals surface area contributed by atoms with Crippen LogP contribution in [0.2, 0.25) is 0 Å². The van der Waals surface area contributed by atoms with E-state index in [0.717, 1.165) is 18.7 Å². The van der Waals surface area contributed by atoms with Crippen LogP contribution >= 0.6 is 7.26 Å². The van der Waals surface area contributed by atoms with E-state index in [1.165, 1.54) is 15.9 Å². The van der Waals surface area contributed by atoms with Crippen molar-refractivity contribution in [2.45, 2.75) is 12.1 Å². The first-order valence-electron chi connectivity index (χ1n) is 10.7. The van der Waals surface area contributed by atoms with E-state index in [1.807, 2.05) is 35.2 Å². The van der Waals surface area contributed by atoms with Gasteiger partial charge in [-0.25, -0.2) is 0 Å². The molecule has 1 atom stereocenters. The lowest BCUT2D eigenvalue weighted by Gasteiger charge is -2.32. The summed E-state index contributed by atoms with van der Waals surface area (Å²) in [5.74, 6) is 0.232. The fourth-order valence-corrected chi connectivity index (χ4v) is 9.74. The van der Waals surface area contributed by atoms with Crippen molar-refractivity contribution in [3.8, 4) is 0 Å². The van der Waals surface area contributed by atoms with Crippen molar-refractivity contribution in [2.24, 2.45) is 0 Å². The zero-order valence-corrected chi connectivity index (χ0v) is 18.2. The van der Waals surface area contributed by atoms with Crippen LogP contribution in [0, 0.1) is 0 Å². The SMILES string of the molecule is O=C1[C@H]([P+](c2ccccc2)(c2ccccc2)c2ccccc2)CCN1c1ccccc1. The number of benzene rings is 4. The van der Waals surface area contributed by atoms with Gasteiger partial charge < -0.3 is 4.90 Å². The van der Waals surface area contributed by atoms with E-state index in [9.17, 15) is 4.79 Å². The van der Waals surface area contributed by atoms with Crippen LogP contribution in [0.15, 0.2) is 121 Å². The average Bonchev–Trinajstić information content (AvgIpc) is 3.24. The maximum atomic E-state index is 14.0. The fourth-order valence-electron chi connectivity index (χ4n) is 4.86. The Morgan fingerprint density at radius 3 is 1.39 bits per heavy atom. The highest BCUT2D eigenvalue weighted by atomic mass is 31.2. The van der Waals surface area contributed by atoms with Crippen LogP contribution in [0.4, 0.5) is 5.69 Å². The molecule has 1 amide bonds. The van der Waals surface area contributed by atoms with Crippen LogP contribution in [-0.4, -0.2) is 18.1 Å². The summed E-state index contributed by atoms with van der Waals surface area (Å²) in [4.78, 5) is 16.0. The summed E-state index contributed by atoms with van der Waals surface area (Å²) in [5.41, 5.74) is 0.905. The molecule has 5 rings (SSSR count). The molecule has 0 radical (unpaired) electrons. The highest BCUT2D eigenvalue weighted by molar-refractivity contribution is 7.97. The number of amides is 1. The van der Waals surface area contributed by atoms with E-state index < -0.39 is 7.26 Å². The quantitative estimate of drug-likeness (QED) is 0.424. The molecule has 31 heavy (non-hydrogen) atoms. The molecular weight excluding hydrogens is 397 g/mol. The Bertz CT molecular complexity index is 1050. The number of rotatable bonds is 5. The van der Waals surface area contributed by atoms with Crippen molar-refractivity contribution in [3.05, 3.63) is 121 Å². The van der Waals surface area contributed by atoms with Crippen molar-refractivity contribution in [2.75, 3.05) is 11.4 Å². The molecule has 1 aliphatic rings. The second kappa shape index (κ2) is 8.49. The Hall–Kier alpha value is -3.22. The lowest BCUT2D eigenvalue weighted by molar-refractivity contribution is -0.116. The summed E-state index contributed by atoms with van der Waals surface area (Å²) in [7, 11) is -2.21. The average molecular weight is 422 g/mol. The summed E-state index contributed by atoms with van der Waals surface area (Å²) < 4.78 is 0. The van der Waals surface area contributed by atoms with Gasteiger partial charge in [-0.15, -0.1) is 0 Å². The van der Waals surface area contributed by atoms with Gasteiger partial charge in [0.1, 0.15) is 23.2 Å². The third kappa shape index (κ3) is 3.38. The van der Waals surface area contributed by atoms with Crippen LogP contribution in [0.5, 0.6) is 0 Å². The van der Waals surface area contributed by atoms with Gasteiger partial charge in [0.05, 0.1) is 0 Å². The smallest absolute Gasteiger partial charge is 0.268 e. The monoisotopic (exact) mass is 422 g/mol. The Morgan fingerprint density at radius 2 is 0.968 bits per heavy atom. The Kier molecular flexibility index (Phi) is 5.40. The third-order valence-electron chi connectivity index (χ3n) is 6.20. The molecule has 1 aliphatic heterocycles. The molecule has 1 fully saturated rings. The minimum Gasteiger partial charge on any atom is -0.309 e. The molecular formula is C28H25NOP+. The Balaban J connectivity index is 1.74. The molecule has 0 saturated carbocycles. The molecule has 0 N–H and O–H groups in total. The Labute approximate surface area is 184 Å². The van der Waals surface area contributed by atoms with Crippen molar-refractivity contribution in [1.82, 2.24) is 0 Å². The number of carbonyl (C=O) groups excluding carboxylic acids is 1. The maximum Gasteiger partial charge on any atom is 0.268 e. The number of carbonyl (C=O) groups is 1. The summed E-state index contributed by atoms with van der Waals surface area (Å²) in [5, 5.41) is 3.79. The van der Waals surface area contributed by atoms with Gasteiger partial charge >= 0.3 is 0 Å². The van der Waals surface area contributed by atoms with E-state index in [-0.39, 0.29) is 11.6 Å². The second-order valence-electron chi connectivity index (χ2n) is 7.86. The molecule has 4 aromatic rings. The van der Waals surface area contributed by atoms with Crippen LogP contribution in [-0.2, 0) is 4.79 Å². The van der Waals surface area contributed by atoms with Gasteiger partial charge in [-0.1, -0.05) is 72.8 Å². The molecule has 0 unspecified atom stereocenters. The zero-order valence-electron chi connectivity index (χ0n) is 17.3. The standard InChI is InChI=1S/C28H25NOP/c30-28-27(21-22-29(28)23-13-5-1-6-14-23)31(24-15-7-2-8-16-24,25-17-9-3-10-18-25)26-19-11-4-12-20-26/h1-20,27H,21-22H2/q+1/t27-/m1/s1. The molecule has 0 spiro atoms. The van der Waals surface area contributed by atoms with Crippen molar-refractivity contribution in [1.29, 1.82) is 0 Å². The number of hydrogen-bond acceptors (Lipinski definition) is 1. The lowest BCUT2D eigenvalue weighted by atomic mass is 10.3. The predicted molar refractivity (Wildman–Crippen MR) is 132 cm³/mol. The fraction of sp³-hybridized carbons (Fsp3) is 0.107. The highest BCUT2D eigenvalue weighted by Crippen LogP contribution is 2.62. The molecule has 1 heterocycles. The summed E-state index contributed by atoms with van der Waals surface area (Å²) in [6.45, 7) is 0.752. The van der Waals surface area contributed by atoms with Gasteiger partial charge in [0.2, 0.25) is 0 Å². The first kappa shape index (κ1) is 19.7. The van der Waals surface area contributed by atoms with Crippen molar-refractivity contribution >= 4 is 34.8 Å². The third-order valence-corrected chi connectivity index (χ3v) is 11.0. The van der Waals surface area contributed by atoms with Crippen LogP contribution < -0.4 is 20.8 Å². The summed E-state index contributed by atoms with van der Waals surface area (Å²) >= 11 is 0. The maximum absolute atomic E-state index is 14.0. The normalized spacial score (nSPS) is 16.5. The van der Waals surface area contributed by atoms with Crippen LogP contribution in [0.25, 0.3) is 0 Å². The van der Waals surface area contributed by atoms with E-state index in [0.29, 0.717) is 0 Å².